The number of amides is 1. The van der Waals surface area contributed by atoms with Crippen LogP contribution in [0.4, 0.5) is 0 Å². The molecule has 1 aliphatic heterocycles. The summed E-state index contributed by atoms with van der Waals surface area (Å²) in [7, 11) is 0. The van der Waals surface area contributed by atoms with E-state index in [0.717, 1.165) is 25.8 Å². The fourth-order valence-corrected chi connectivity index (χ4v) is 2.45. The molecule has 18 heavy (non-hydrogen) atoms. The Hall–Kier alpha value is -1.09. The number of aliphatic hydroxyl groups is 1. The van der Waals surface area contributed by atoms with Crippen LogP contribution in [0.5, 0.6) is 0 Å². The fraction of sp³-hybridized carbons (Fsp3) is 0.667. The van der Waals surface area contributed by atoms with Crippen molar-refractivity contribution in [2.24, 2.45) is 0 Å². The first kappa shape index (κ1) is 15.0. The molecule has 2 atom stereocenters. The molecule has 0 aromatic carbocycles. The highest BCUT2D eigenvalue weighted by atomic mass is 16.3. The van der Waals surface area contributed by atoms with Gasteiger partial charge in [0, 0.05) is 18.7 Å². The second kappa shape index (κ2) is 8.09. The van der Waals surface area contributed by atoms with E-state index in [1.807, 2.05) is 24.0 Å². The summed E-state index contributed by atoms with van der Waals surface area (Å²) >= 11 is 0. The second-order valence-electron chi connectivity index (χ2n) is 5.00. The largest absolute Gasteiger partial charge is 0.393 e. The number of carbonyl (C=O) groups is 1. The van der Waals surface area contributed by atoms with Gasteiger partial charge in [-0.1, -0.05) is 31.1 Å². The first-order chi connectivity index (χ1) is 8.65. The van der Waals surface area contributed by atoms with Gasteiger partial charge in [-0.25, -0.2) is 0 Å². The lowest BCUT2D eigenvalue weighted by molar-refractivity contribution is -0.128. The molecular weight excluding hydrogens is 226 g/mol. The van der Waals surface area contributed by atoms with E-state index in [0.29, 0.717) is 6.42 Å². The molecule has 1 heterocycles. The minimum Gasteiger partial charge on any atom is -0.393 e. The van der Waals surface area contributed by atoms with Crippen molar-refractivity contribution in [2.45, 2.75) is 58.1 Å². The molecule has 0 aliphatic carbocycles. The molecule has 1 N–H and O–H groups in total. The maximum Gasteiger partial charge on any atom is 0.246 e. The first-order valence-corrected chi connectivity index (χ1v) is 6.93. The predicted molar refractivity (Wildman–Crippen MR) is 74.2 cm³/mol. The zero-order chi connectivity index (χ0) is 13.4. The smallest absolute Gasteiger partial charge is 0.246 e. The third-order valence-corrected chi connectivity index (χ3v) is 3.32. The summed E-state index contributed by atoms with van der Waals surface area (Å²) < 4.78 is 0. The van der Waals surface area contributed by atoms with Gasteiger partial charge in [-0.05, 0) is 33.1 Å². The normalized spacial score (nSPS) is 23.5. The Balaban J connectivity index is 2.68. The number of nitrogens with zero attached hydrogens (tertiary/aromatic N) is 1. The topological polar surface area (TPSA) is 40.5 Å². The zero-order valence-electron chi connectivity index (χ0n) is 11.5. The second-order valence-corrected chi connectivity index (χ2v) is 5.00. The van der Waals surface area contributed by atoms with Crippen molar-refractivity contribution in [3.05, 3.63) is 24.3 Å². The molecule has 0 aromatic rings. The predicted octanol–water partition coefficient (Wildman–Crippen LogP) is 2.66. The van der Waals surface area contributed by atoms with Crippen LogP contribution in [0.1, 0.15) is 46.0 Å². The first-order valence-electron chi connectivity index (χ1n) is 6.93. The Morgan fingerprint density at radius 2 is 2.17 bits per heavy atom. The maximum absolute atomic E-state index is 12.1. The molecule has 3 nitrogen and oxygen atoms in total. The van der Waals surface area contributed by atoms with Gasteiger partial charge < -0.3 is 10.0 Å². The van der Waals surface area contributed by atoms with Crippen molar-refractivity contribution in [2.75, 3.05) is 6.54 Å². The lowest BCUT2D eigenvalue weighted by atomic mass is 10.0. The van der Waals surface area contributed by atoms with Gasteiger partial charge in [0.25, 0.3) is 0 Å². The maximum atomic E-state index is 12.1. The molecule has 0 saturated carbocycles. The minimum atomic E-state index is -0.345. The van der Waals surface area contributed by atoms with Crippen LogP contribution in [0.3, 0.4) is 0 Å². The Labute approximate surface area is 110 Å². The van der Waals surface area contributed by atoms with Gasteiger partial charge in [0.1, 0.15) is 0 Å². The molecule has 0 radical (unpaired) electrons. The Morgan fingerprint density at radius 1 is 1.39 bits per heavy atom. The van der Waals surface area contributed by atoms with Gasteiger partial charge in [-0.2, -0.15) is 0 Å². The summed E-state index contributed by atoms with van der Waals surface area (Å²) in [5.74, 6) is 0.0700. The van der Waals surface area contributed by atoms with Gasteiger partial charge in [0.05, 0.1) is 6.10 Å². The van der Waals surface area contributed by atoms with Crippen molar-refractivity contribution in [3.63, 3.8) is 0 Å². The van der Waals surface area contributed by atoms with Crippen LogP contribution in [-0.2, 0) is 4.79 Å². The molecule has 102 valence electrons. The van der Waals surface area contributed by atoms with Gasteiger partial charge >= 0.3 is 0 Å². The summed E-state index contributed by atoms with van der Waals surface area (Å²) in [6, 6.07) is 0.190. The van der Waals surface area contributed by atoms with Crippen LogP contribution in [0.25, 0.3) is 0 Å². The van der Waals surface area contributed by atoms with E-state index < -0.39 is 0 Å². The third-order valence-electron chi connectivity index (χ3n) is 3.32. The minimum absolute atomic E-state index is 0.0700. The third kappa shape index (κ3) is 5.05. The molecule has 2 unspecified atom stereocenters. The number of rotatable bonds is 4. The highest BCUT2D eigenvalue weighted by Gasteiger charge is 2.24. The van der Waals surface area contributed by atoms with Gasteiger partial charge in [0.2, 0.25) is 5.91 Å². The molecule has 0 spiro atoms. The number of hydrogen-bond acceptors (Lipinski definition) is 2. The quantitative estimate of drug-likeness (QED) is 0.616. The average molecular weight is 251 g/mol. The summed E-state index contributed by atoms with van der Waals surface area (Å²) in [4.78, 5) is 14.1. The highest BCUT2D eigenvalue weighted by molar-refractivity contribution is 5.88. The molecule has 1 rings (SSSR count). The van der Waals surface area contributed by atoms with E-state index in [2.05, 4.69) is 0 Å². The van der Waals surface area contributed by atoms with Gasteiger partial charge in [0.15, 0.2) is 0 Å². The molecule has 0 bridgehead atoms. The van der Waals surface area contributed by atoms with Crippen molar-refractivity contribution >= 4 is 5.91 Å². The number of allylic oxidation sites excluding steroid dienone is 3. The number of hydrogen-bond donors (Lipinski definition) is 1. The molecule has 1 aliphatic rings. The molecular formula is C15H25NO2. The van der Waals surface area contributed by atoms with Crippen LogP contribution in [0, 0.1) is 0 Å². The zero-order valence-corrected chi connectivity index (χ0v) is 11.5. The fourth-order valence-electron chi connectivity index (χ4n) is 2.45. The average Bonchev–Trinajstić information content (AvgIpc) is 2.54. The van der Waals surface area contributed by atoms with Gasteiger partial charge in [-0.3, -0.25) is 4.79 Å². The van der Waals surface area contributed by atoms with Crippen LogP contribution >= 0.6 is 0 Å². The summed E-state index contributed by atoms with van der Waals surface area (Å²) in [6.45, 7) is 4.54. The Morgan fingerprint density at radius 3 is 2.83 bits per heavy atom. The Kier molecular flexibility index (Phi) is 6.73. The SMILES string of the molecule is CC=CC=CC(=O)N1CCCCCC1CC(C)O. The van der Waals surface area contributed by atoms with Crippen molar-refractivity contribution in [1.82, 2.24) is 4.90 Å². The summed E-state index contributed by atoms with van der Waals surface area (Å²) in [6.07, 6.45) is 11.9. The summed E-state index contributed by atoms with van der Waals surface area (Å²) in [5, 5.41) is 9.54. The number of carbonyl (C=O) groups excluding carboxylic acids is 1. The van der Waals surface area contributed by atoms with Gasteiger partial charge in [-0.15, -0.1) is 0 Å². The van der Waals surface area contributed by atoms with Crippen LogP contribution in [0.2, 0.25) is 0 Å². The van der Waals surface area contributed by atoms with Crippen LogP contribution in [0.15, 0.2) is 24.3 Å². The molecule has 0 aromatic heterocycles. The lowest BCUT2D eigenvalue weighted by Gasteiger charge is -2.30. The number of aliphatic hydroxyl groups excluding tert-OH is 1. The monoisotopic (exact) mass is 251 g/mol. The molecule has 1 amide bonds. The number of likely N-dealkylation sites (tertiary alicyclic amines) is 1. The van der Waals surface area contributed by atoms with E-state index in [4.69, 9.17) is 0 Å². The van der Waals surface area contributed by atoms with Crippen molar-refractivity contribution < 1.29 is 9.90 Å². The molecule has 3 heteroatoms. The van der Waals surface area contributed by atoms with E-state index in [1.165, 1.54) is 6.42 Å². The van der Waals surface area contributed by atoms with Crippen molar-refractivity contribution in [3.8, 4) is 0 Å². The highest BCUT2D eigenvalue weighted by Crippen LogP contribution is 2.20. The van der Waals surface area contributed by atoms with E-state index in [1.54, 1.807) is 19.1 Å². The van der Waals surface area contributed by atoms with E-state index >= 15 is 0 Å². The molecule has 1 saturated heterocycles. The van der Waals surface area contributed by atoms with E-state index in [9.17, 15) is 9.90 Å². The van der Waals surface area contributed by atoms with Crippen LogP contribution in [-0.4, -0.2) is 34.6 Å². The summed E-state index contributed by atoms with van der Waals surface area (Å²) in [5.41, 5.74) is 0. The lowest BCUT2D eigenvalue weighted by Crippen LogP contribution is -2.40. The molecule has 1 fully saturated rings. The van der Waals surface area contributed by atoms with Crippen molar-refractivity contribution in [1.29, 1.82) is 0 Å². The van der Waals surface area contributed by atoms with E-state index in [-0.39, 0.29) is 18.1 Å². The van der Waals surface area contributed by atoms with Crippen LogP contribution < -0.4 is 0 Å². The Bertz CT molecular complexity index is 308. The standard InChI is InChI=1S/C15H25NO2/c1-3-4-6-10-15(18)16-11-8-5-7-9-14(16)12-13(2)17/h3-4,6,10,13-14,17H,5,7-9,11-12H2,1-2H3.